The van der Waals surface area contributed by atoms with E-state index in [0.717, 1.165) is 32.6 Å². The van der Waals surface area contributed by atoms with Crippen LogP contribution in [0.25, 0.3) is 0 Å². The zero-order valence-corrected chi connectivity index (χ0v) is 9.62. The van der Waals surface area contributed by atoms with Crippen molar-refractivity contribution < 1.29 is 4.79 Å². The van der Waals surface area contributed by atoms with Gasteiger partial charge in [-0.3, -0.25) is 9.69 Å². The Labute approximate surface area is 91.4 Å². The van der Waals surface area contributed by atoms with Crippen molar-refractivity contribution in [1.82, 2.24) is 15.5 Å². The van der Waals surface area contributed by atoms with Gasteiger partial charge in [0.2, 0.25) is 5.91 Å². The fourth-order valence-corrected chi connectivity index (χ4v) is 2.55. The van der Waals surface area contributed by atoms with Crippen LogP contribution in [-0.2, 0) is 4.79 Å². The number of nitrogens with one attached hydrogen (secondary N) is 2. The number of piperazine rings is 2. The number of fused-ring (bicyclic) bond motifs is 1. The molecule has 2 aliphatic heterocycles. The minimum atomic E-state index is 0.0714. The molecule has 0 bridgehead atoms. The average Bonchev–Trinajstić information content (AvgIpc) is 2.16. The molecule has 4 heteroatoms. The van der Waals surface area contributed by atoms with Crippen LogP contribution in [0.2, 0.25) is 0 Å². The Hall–Kier alpha value is -0.610. The van der Waals surface area contributed by atoms with Gasteiger partial charge in [-0.05, 0) is 12.3 Å². The third kappa shape index (κ3) is 2.49. The van der Waals surface area contributed by atoms with Gasteiger partial charge >= 0.3 is 0 Å². The lowest BCUT2D eigenvalue weighted by molar-refractivity contribution is -0.131. The maximum atomic E-state index is 11.8. The molecule has 2 heterocycles. The molecular weight excluding hydrogens is 190 g/mol. The zero-order chi connectivity index (χ0) is 10.8. The normalized spacial score (nSPS) is 32.6. The van der Waals surface area contributed by atoms with E-state index in [1.807, 2.05) is 0 Å². The minimum absolute atomic E-state index is 0.0714. The molecule has 1 amide bonds. The largest absolute Gasteiger partial charge is 0.351 e. The van der Waals surface area contributed by atoms with Gasteiger partial charge in [0.25, 0.3) is 0 Å². The van der Waals surface area contributed by atoms with Crippen molar-refractivity contribution in [1.29, 1.82) is 0 Å². The Balaban J connectivity index is 1.95. The second kappa shape index (κ2) is 4.49. The van der Waals surface area contributed by atoms with Gasteiger partial charge in [-0.1, -0.05) is 13.8 Å². The highest BCUT2D eigenvalue weighted by molar-refractivity contribution is 5.83. The molecule has 0 radical (unpaired) electrons. The van der Waals surface area contributed by atoms with E-state index >= 15 is 0 Å². The number of hydrogen-bond acceptors (Lipinski definition) is 3. The van der Waals surface area contributed by atoms with E-state index in [4.69, 9.17) is 0 Å². The quantitative estimate of drug-likeness (QED) is 0.665. The number of amides is 1. The first kappa shape index (κ1) is 10.9. The topological polar surface area (TPSA) is 44.4 Å². The van der Waals surface area contributed by atoms with E-state index in [0.29, 0.717) is 12.0 Å². The molecule has 0 aromatic rings. The summed E-state index contributed by atoms with van der Waals surface area (Å²) in [4.78, 5) is 14.1. The predicted molar refractivity (Wildman–Crippen MR) is 59.6 cm³/mol. The van der Waals surface area contributed by atoms with Gasteiger partial charge in [0, 0.05) is 32.2 Å². The Morgan fingerprint density at radius 2 is 2.33 bits per heavy atom. The molecule has 0 aromatic carbocycles. The summed E-state index contributed by atoms with van der Waals surface area (Å²) in [5, 5.41) is 6.39. The molecule has 2 saturated heterocycles. The van der Waals surface area contributed by atoms with Crippen LogP contribution in [0.4, 0.5) is 0 Å². The summed E-state index contributed by atoms with van der Waals surface area (Å²) in [5.41, 5.74) is 0. The number of carbonyl (C=O) groups is 1. The maximum absolute atomic E-state index is 11.8. The molecule has 2 atom stereocenters. The molecule has 86 valence electrons. The first-order valence-corrected chi connectivity index (χ1v) is 5.92. The highest BCUT2D eigenvalue weighted by Crippen LogP contribution is 2.14. The van der Waals surface area contributed by atoms with Crippen LogP contribution in [0.15, 0.2) is 0 Å². The number of carbonyl (C=O) groups excluding carboxylic acids is 1. The highest BCUT2D eigenvalue weighted by Gasteiger charge is 2.35. The Kier molecular flexibility index (Phi) is 3.26. The molecule has 2 N–H and O–H groups in total. The Morgan fingerprint density at radius 1 is 1.53 bits per heavy atom. The Bertz CT molecular complexity index is 242. The van der Waals surface area contributed by atoms with Crippen molar-refractivity contribution in [2.75, 3.05) is 26.2 Å². The van der Waals surface area contributed by atoms with E-state index < -0.39 is 0 Å². The van der Waals surface area contributed by atoms with E-state index in [1.165, 1.54) is 0 Å². The first-order valence-electron chi connectivity index (χ1n) is 5.92. The van der Waals surface area contributed by atoms with Crippen LogP contribution in [0.1, 0.15) is 20.3 Å². The van der Waals surface area contributed by atoms with Gasteiger partial charge in [0.05, 0.1) is 0 Å². The molecule has 0 aliphatic carbocycles. The molecule has 2 aliphatic rings. The summed E-state index contributed by atoms with van der Waals surface area (Å²) in [7, 11) is 0. The average molecular weight is 211 g/mol. The first-order chi connectivity index (χ1) is 7.16. The number of hydrogen-bond donors (Lipinski definition) is 2. The second-order valence-corrected chi connectivity index (χ2v) is 5.05. The maximum Gasteiger partial charge on any atom is 0.238 e. The predicted octanol–water partition coefficient (Wildman–Crippen LogP) is -0.195. The number of nitrogens with zero attached hydrogens (tertiary/aromatic N) is 1. The lowest BCUT2D eigenvalue weighted by Crippen LogP contribution is -2.66. The summed E-state index contributed by atoms with van der Waals surface area (Å²) in [6.07, 6.45) is 1.09. The molecule has 2 fully saturated rings. The highest BCUT2D eigenvalue weighted by atomic mass is 16.2. The summed E-state index contributed by atoms with van der Waals surface area (Å²) in [6.45, 7) is 8.26. The summed E-state index contributed by atoms with van der Waals surface area (Å²) in [5.74, 6) is 0.855. The van der Waals surface area contributed by atoms with Crippen molar-refractivity contribution in [2.24, 2.45) is 5.92 Å². The van der Waals surface area contributed by atoms with Gasteiger partial charge < -0.3 is 10.6 Å². The third-order valence-electron chi connectivity index (χ3n) is 3.21. The molecular formula is C11H21N3O. The molecule has 0 aromatic heterocycles. The van der Waals surface area contributed by atoms with E-state index in [2.05, 4.69) is 29.4 Å². The lowest BCUT2D eigenvalue weighted by atomic mass is 9.98. The van der Waals surface area contributed by atoms with Crippen molar-refractivity contribution in [2.45, 2.75) is 32.4 Å². The molecule has 4 nitrogen and oxygen atoms in total. The van der Waals surface area contributed by atoms with Crippen LogP contribution >= 0.6 is 0 Å². The summed E-state index contributed by atoms with van der Waals surface area (Å²) in [6, 6.07) is 0.425. The zero-order valence-electron chi connectivity index (χ0n) is 9.62. The van der Waals surface area contributed by atoms with E-state index in [9.17, 15) is 4.79 Å². The van der Waals surface area contributed by atoms with Crippen LogP contribution in [-0.4, -0.2) is 49.1 Å². The van der Waals surface area contributed by atoms with E-state index in [-0.39, 0.29) is 11.9 Å². The van der Waals surface area contributed by atoms with Crippen molar-refractivity contribution in [3.8, 4) is 0 Å². The van der Waals surface area contributed by atoms with E-state index in [1.54, 1.807) is 0 Å². The fraction of sp³-hybridized carbons (Fsp3) is 0.909. The van der Waals surface area contributed by atoms with Gasteiger partial charge in [0.1, 0.15) is 6.04 Å². The van der Waals surface area contributed by atoms with Gasteiger partial charge in [-0.2, -0.15) is 0 Å². The SMILES string of the molecule is CC(C)CC1CN2CCNCC2C(=O)N1. The Morgan fingerprint density at radius 3 is 3.07 bits per heavy atom. The smallest absolute Gasteiger partial charge is 0.238 e. The summed E-state index contributed by atoms with van der Waals surface area (Å²) >= 11 is 0. The lowest BCUT2D eigenvalue weighted by Gasteiger charge is -2.42. The van der Waals surface area contributed by atoms with Gasteiger partial charge in [0.15, 0.2) is 0 Å². The van der Waals surface area contributed by atoms with Crippen molar-refractivity contribution >= 4 is 5.91 Å². The standard InChI is InChI=1S/C11H21N3O/c1-8(2)5-9-7-14-4-3-12-6-10(14)11(15)13-9/h8-10,12H,3-7H2,1-2H3,(H,13,15). The fourth-order valence-electron chi connectivity index (χ4n) is 2.55. The molecule has 15 heavy (non-hydrogen) atoms. The molecule has 2 unspecified atom stereocenters. The third-order valence-corrected chi connectivity index (χ3v) is 3.21. The number of rotatable bonds is 2. The van der Waals surface area contributed by atoms with Crippen molar-refractivity contribution in [3.05, 3.63) is 0 Å². The minimum Gasteiger partial charge on any atom is -0.351 e. The second-order valence-electron chi connectivity index (χ2n) is 5.05. The molecule has 0 saturated carbocycles. The summed E-state index contributed by atoms with van der Waals surface area (Å²) < 4.78 is 0. The van der Waals surface area contributed by atoms with Crippen molar-refractivity contribution in [3.63, 3.8) is 0 Å². The van der Waals surface area contributed by atoms with Crippen LogP contribution < -0.4 is 10.6 Å². The van der Waals surface area contributed by atoms with Crippen LogP contribution in [0, 0.1) is 5.92 Å². The van der Waals surface area contributed by atoms with Crippen LogP contribution in [0.3, 0.4) is 0 Å². The van der Waals surface area contributed by atoms with Crippen LogP contribution in [0.5, 0.6) is 0 Å². The van der Waals surface area contributed by atoms with Gasteiger partial charge in [-0.25, -0.2) is 0 Å². The van der Waals surface area contributed by atoms with Gasteiger partial charge in [-0.15, -0.1) is 0 Å². The molecule has 2 rings (SSSR count). The molecule has 0 spiro atoms. The monoisotopic (exact) mass is 211 g/mol.